The molecule has 0 saturated heterocycles. The average Bonchev–Trinajstić information content (AvgIpc) is 3.07. The summed E-state index contributed by atoms with van der Waals surface area (Å²) in [7, 11) is 1.76. The van der Waals surface area contributed by atoms with Crippen LogP contribution in [0.15, 0.2) is 24.5 Å². The summed E-state index contributed by atoms with van der Waals surface area (Å²) in [6.07, 6.45) is 1.44. The van der Waals surface area contributed by atoms with Crippen molar-refractivity contribution in [3.8, 4) is 0 Å². The number of hydrogen-bond donors (Lipinski definition) is 2. The smallest absolute Gasteiger partial charge is 0.254 e. The molecule has 6 nitrogen and oxygen atoms in total. The van der Waals surface area contributed by atoms with Crippen LogP contribution in [-0.2, 0) is 19.6 Å². The number of carbonyl (C=O) groups is 1. The van der Waals surface area contributed by atoms with Crippen molar-refractivity contribution in [1.82, 2.24) is 25.4 Å². The van der Waals surface area contributed by atoms with Gasteiger partial charge in [-0.1, -0.05) is 6.07 Å². The van der Waals surface area contributed by atoms with E-state index in [2.05, 4.69) is 20.5 Å². The molecule has 0 unspecified atom stereocenters. The van der Waals surface area contributed by atoms with Gasteiger partial charge in [-0.25, -0.2) is 4.98 Å². The molecule has 0 atom stereocenters. The molecule has 1 aliphatic heterocycles. The molecule has 1 aromatic heterocycles. The number of nitrogens with one attached hydrogen (secondary N) is 2. The van der Waals surface area contributed by atoms with Gasteiger partial charge in [0.25, 0.3) is 5.91 Å². The van der Waals surface area contributed by atoms with Gasteiger partial charge in [-0.15, -0.1) is 0 Å². The Hall–Kier alpha value is -2.21. The topological polar surface area (TPSA) is 73.9 Å². The third-order valence-corrected chi connectivity index (χ3v) is 3.28. The first-order valence-corrected chi connectivity index (χ1v) is 6.16. The maximum absolute atomic E-state index is 12.3. The Morgan fingerprint density at radius 1 is 1.37 bits per heavy atom. The van der Waals surface area contributed by atoms with Crippen LogP contribution in [0.1, 0.15) is 27.3 Å². The minimum atomic E-state index is -0.00824. The monoisotopic (exact) mass is 257 g/mol. The fraction of sp³-hybridized carbons (Fsp3) is 0.308. The van der Waals surface area contributed by atoms with Crippen LogP contribution in [-0.4, -0.2) is 33.0 Å². The van der Waals surface area contributed by atoms with Crippen molar-refractivity contribution in [2.24, 2.45) is 0 Å². The van der Waals surface area contributed by atoms with Gasteiger partial charge < -0.3 is 10.2 Å². The number of aromatic nitrogens is 3. The van der Waals surface area contributed by atoms with E-state index in [9.17, 15) is 4.79 Å². The number of rotatable bonds is 3. The number of aromatic amines is 1. The van der Waals surface area contributed by atoms with E-state index < -0.39 is 0 Å². The summed E-state index contributed by atoms with van der Waals surface area (Å²) in [4.78, 5) is 18.0. The van der Waals surface area contributed by atoms with Gasteiger partial charge >= 0.3 is 0 Å². The van der Waals surface area contributed by atoms with E-state index in [1.165, 1.54) is 17.5 Å². The fourth-order valence-electron chi connectivity index (χ4n) is 2.25. The molecule has 19 heavy (non-hydrogen) atoms. The number of H-pyrrole nitrogens is 1. The SMILES string of the molecule is CN(Cc1ncn[nH]1)C(=O)c1ccc2c(c1)CNC2. The first-order valence-electron chi connectivity index (χ1n) is 6.16. The van der Waals surface area contributed by atoms with Crippen LogP contribution in [0.25, 0.3) is 0 Å². The highest BCUT2D eigenvalue weighted by molar-refractivity contribution is 5.94. The number of fused-ring (bicyclic) bond motifs is 1. The second-order valence-corrected chi connectivity index (χ2v) is 4.68. The second-order valence-electron chi connectivity index (χ2n) is 4.68. The van der Waals surface area contributed by atoms with Crippen molar-refractivity contribution in [2.45, 2.75) is 19.6 Å². The van der Waals surface area contributed by atoms with E-state index in [-0.39, 0.29) is 5.91 Å². The number of nitrogens with zero attached hydrogens (tertiary/aromatic N) is 3. The quantitative estimate of drug-likeness (QED) is 0.848. The van der Waals surface area contributed by atoms with Crippen LogP contribution >= 0.6 is 0 Å². The molecule has 3 rings (SSSR count). The Labute approximate surface area is 110 Å². The van der Waals surface area contributed by atoms with E-state index >= 15 is 0 Å². The van der Waals surface area contributed by atoms with Gasteiger partial charge in [-0.05, 0) is 23.3 Å². The van der Waals surface area contributed by atoms with Gasteiger partial charge in [-0.3, -0.25) is 9.89 Å². The second kappa shape index (κ2) is 4.81. The van der Waals surface area contributed by atoms with Crippen LogP contribution in [0.2, 0.25) is 0 Å². The van der Waals surface area contributed by atoms with Crippen molar-refractivity contribution in [2.75, 3.05) is 7.05 Å². The summed E-state index contributed by atoms with van der Waals surface area (Å²) < 4.78 is 0. The Morgan fingerprint density at radius 3 is 3.00 bits per heavy atom. The maximum Gasteiger partial charge on any atom is 0.254 e. The van der Waals surface area contributed by atoms with Gasteiger partial charge in [-0.2, -0.15) is 5.10 Å². The number of hydrogen-bond acceptors (Lipinski definition) is 4. The van der Waals surface area contributed by atoms with Crippen LogP contribution in [0, 0.1) is 0 Å². The lowest BCUT2D eigenvalue weighted by Crippen LogP contribution is -2.26. The molecular weight excluding hydrogens is 242 g/mol. The van der Waals surface area contributed by atoms with E-state index in [1.54, 1.807) is 11.9 Å². The van der Waals surface area contributed by atoms with Gasteiger partial charge in [0, 0.05) is 25.7 Å². The first kappa shape index (κ1) is 11.9. The minimum absolute atomic E-state index is 0.00824. The summed E-state index contributed by atoms with van der Waals surface area (Å²) >= 11 is 0. The maximum atomic E-state index is 12.3. The summed E-state index contributed by atoms with van der Waals surface area (Å²) in [5.74, 6) is 0.671. The van der Waals surface area contributed by atoms with Crippen LogP contribution in [0.4, 0.5) is 0 Å². The highest BCUT2D eigenvalue weighted by atomic mass is 16.2. The summed E-state index contributed by atoms with van der Waals surface area (Å²) in [6.45, 7) is 2.15. The Balaban J connectivity index is 1.76. The molecule has 2 aromatic rings. The Morgan fingerprint density at radius 2 is 2.21 bits per heavy atom. The van der Waals surface area contributed by atoms with Crippen molar-refractivity contribution in [3.63, 3.8) is 0 Å². The van der Waals surface area contributed by atoms with Crippen LogP contribution in [0.5, 0.6) is 0 Å². The standard InChI is InChI=1S/C13H15N5O/c1-18(7-12-15-8-16-17-12)13(19)9-2-3-10-5-14-6-11(10)4-9/h2-4,8,14H,5-7H2,1H3,(H,15,16,17). The van der Waals surface area contributed by atoms with E-state index in [0.717, 1.165) is 13.1 Å². The largest absolute Gasteiger partial charge is 0.334 e. The van der Waals surface area contributed by atoms with Crippen molar-refractivity contribution >= 4 is 5.91 Å². The predicted molar refractivity (Wildman–Crippen MR) is 69.2 cm³/mol. The van der Waals surface area contributed by atoms with Gasteiger partial charge in [0.15, 0.2) is 0 Å². The van der Waals surface area contributed by atoms with Crippen molar-refractivity contribution in [1.29, 1.82) is 0 Å². The number of benzene rings is 1. The zero-order valence-corrected chi connectivity index (χ0v) is 10.7. The predicted octanol–water partition coefficient (Wildman–Crippen LogP) is 0.680. The molecule has 2 heterocycles. The van der Waals surface area contributed by atoms with Crippen molar-refractivity contribution in [3.05, 3.63) is 47.0 Å². The lowest BCUT2D eigenvalue weighted by atomic mass is 10.1. The molecule has 0 fully saturated rings. The van der Waals surface area contributed by atoms with E-state index in [0.29, 0.717) is 17.9 Å². The normalized spacial score (nSPS) is 13.3. The lowest BCUT2D eigenvalue weighted by molar-refractivity contribution is 0.0781. The van der Waals surface area contributed by atoms with E-state index in [1.807, 2.05) is 18.2 Å². The summed E-state index contributed by atoms with van der Waals surface area (Å²) in [5, 5.41) is 9.79. The molecule has 0 aliphatic carbocycles. The highest BCUT2D eigenvalue weighted by Gasteiger charge is 2.16. The van der Waals surface area contributed by atoms with Crippen molar-refractivity contribution < 1.29 is 4.79 Å². The number of carbonyl (C=O) groups excluding carboxylic acids is 1. The molecule has 98 valence electrons. The average molecular weight is 257 g/mol. The Bertz CT molecular complexity index is 593. The summed E-state index contributed by atoms with van der Waals surface area (Å²) in [5.41, 5.74) is 3.19. The molecule has 0 saturated carbocycles. The van der Waals surface area contributed by atoms with E-state index in [4.69, 9.17) is 0 Å². The molecule has 6 heteroatoms. The first-order chi connectivity index (χ1) is 9.24. The lowest BCUT2D eigenvalue weighted by Gasteiger charge is -2.16. The molecule has 0 radical (unpaired) electrons. The molecular formula is C13H15N5O. The zero-order chi connectivity index (χ0) is 13.2. The Kier molecular flexibility index (Phi) is 3.00. The third kappa shape index (κ3) is 2.34. The van der Waals surface area contributed by atoms with Crippen LogP contribution < -0.4 is 5.32 Å². The minimum Gasteiger partial charge on any atom is -0.334 e. The van der Waals surface area contributed by atoms with Gasteiger partial charge in [0.2, 0.25) is 0 Å². The zero-order valence-electron chi connectivity index (χ0n) is 10.7. The molecule has 0 spiro atoms. The molecule has 0 bridgehead atoms. The number of amides is 1. The summed E-state index contributed by atoms with van der Waals surface area (Å²) in [6, 6.07) is 5.87. The van der Waals surface area contributed by atoms with Crippen LogP contribution in [0.3, 0.4) is 0 Å². The van der Waals surface area contributed by atoms with Gasteiger partial charge in [0.1, 0.15) is 12.2 Å². The molecule has 1 aromatic carbocycles. The highest BCUT2D eigenvalue weighted by Crippen LogP contribution is 2.18. The fourth-order valence-corrected chi connectivity index (χ4v) is 2.25. The molecule has 1 amide bonds. The molecule has 1 aliphatic rings. The molecule has 2 N–H and O–H groups in total. The van der Waals surface area contributed by atoms with Gasteiger partial charge in [0.05, 0.1) is 6.54 Å². The third-order valence-electron chi connectivity index (χ3n) is 3.28.